The van der Waals surface area contributed by atoms with Crippen LogP contribution in [0.5, 0.6) is 11.6 Å². The summed E-state index contributed by atoms with van der Waals surface area (Å²) in [6.07, 6.45) is 1.55. The average molecular weight is 250 g/mol. The van der Waals surface area contributed by atoms with Gasteiger partial charge in [0.2, 0.25) is 11.7 Å². The van der Waals surface area contributed by atoms with E-state index in [4.69, 9.17) is 4.74 Å². The lowest BCUT2D eigenvalue weighted by molar-refractivity contribution is 0.405. The molecular weight excluding hydrogens is 238 g/mol. The van der Waals surface area contributed by atoms with Crippen molar-refractivity contribution in [3.63, 3.8) is 0 Å². The Kier molecular flexibility index (Phi) is 3.84. The summed E-state index contributed by atoms with van der Waals surface area (Å²) >= 11 is 0. The maximum Gasteiger partial charge on any atom is 0.219 e. The first-order chi connectivity index (χ1) is 8.70. The topological polar surface area (TPSA) is 34.2 Å². The van der Waals surface area contributed by atoms with Crippen LogP contribution < -0.4 is 10.1 Å². The molecule has 0 bridgehead atoms. The molecule has 0 unspecified atom stereocenters. The highest BCUT2D eigenvalue weighted by Crippen LogP contribution is 2.24. The highest BCUT2D eigenvalue weighted by atomic mass is 19.2. The van der Waals surface area contributed by atoms with E-state index in [1.807, 2.05) is 13.1 Å². The molecule has 0 aliphatic rings. The summed E-state index contributed by atoms with van der Waals surface area (Å²) in [4.78, 5) is 3.95. The Balaban J connectivity index is 2.23. The second-order valence-corrected chi connectivity index (χ2v) is 3.69. The maximum absolute atomic E-state index is 13.4. The number of rotatable bonds is 4. The lowest BCUT2D eigenvalue weighted by Crippen LogP contribution is -2.05. The quantitative estimate of drug-likeness (QED) is 0.906. The van der Waals surface area contributed by atoms with E-state index in [0.29, 0.717) is 6.54 Å². The summed E-state index contributed by atoms with van der Waals surface area (Å²) in [7, 11) is 1.81. The smallest absolute Gasteiger partial charge is 0.219 e. The van der Waals surface area contributed by atoms with Gasteiger partial charge in [0.15, 0.2) is 11.6 Å². The molecule has 0 atom stereocenters. The minimum absolute atomic E-state index is 0.177. The van der Waals surface area contributed by atoms with Crippen LogP contribution in [0.2, 0.25) is 0 Å². The summed E-state index contributed by atoms with van der Waals surface area (Å²) in [6, 6.07) is 7.25. The molecule has 0 radical (unpaired) electrons. The molecule has 1 aromatic carbocycles. The Hall–Kier alpha value is -2.01. The van der Waals surface area contributed by atoms with Gasteiger partial charge >= 0.3 is 0 Å². The van der Waals surface area contributed by atoms with Crippen molar-refractivity contribution in [2.45, 2.75) is 6.54 Å². The van der Waals surface area contributed by atoms with Crippen molar-refractivity contribution in [3.8, 4) is 11.6 Å². The molecule has 1 heterocycles. The molecule has 5 heteroatoms. The molecule has 0 amide bonds. The van der Waals surface area contributed by atoms with Crippen LogP contribution in [0.25, 0.3) is 0 Å². The predicted octanol–water partition coefficient (Wildman–Crippen LogP) is 2.87. The first-order valence-corrected chi connectivity index (χ1v) is 5.42. The summed E-state index contributed by atoms with van der Waals surface area (Å²) in [5, 5.41) is 2.98. The van der Waals surface area contributed by atoms with Crippen LogP contribution in [0.4, 0.5) is 8.78 Å². The largest absolute Gasteiger partial charge is 0.436 e. The minimum Gasteiger partial charge on any atom is -0.436 e. The van der Waals surface area contributed by atoms with E-state index in [0.717, 1.165) is 11.6 Å². The third-order valence-electron chi connectivity index (χ3n) is 2.31. The van der Waals surface area contributed by atoms with Crippen molar-refractivity contribution in [1.29, 1.82) is 0 Å². The number of hydrogen-bond acceptors (Lipinski definition) is 3. The molecule has 0 aliphatic heterocycles. The van der Waals surface area contributed by atoms with E-state index in [9.17, 15) is 8.78 Å². The summed E-state index contributed by atoms with van der Waals surface area (Å²) in [5.41, 5.74) is 0.944. The van der Waals surface area contributed by atoms with E-state index in [-0.39, 0.29) is 11.6 Å². The van der Waals surface area contributed by atoms with Crippen LogP contribution in [0.1, 0.15) is 5.56 Å². The molecule has 0 saturated carbocycles. The zero-order valence-corrected chi connectivity index (χ0v) is 9.78. The molecule has 0 aliphatic carbocycles. The van der Waals surface area contributed by atoms with Crippen molar-refractivity contribution in [2.24, 2.45) is 0 Å². The van der Waals surface area contributed by atoms with Gasteiger partial charge in [0.1, 0.15) is 0 Å². The molecule has 1 N–H and O–H groups in total. The van der Waals surface area contributed by atoms with E-state index >= 15 is 0 Å². The van der Waals surface area contributed by atoms with E-state index < -0.39 is 11.6 Å². The number of halogens is 2. The monoisotopic (exact) mass is 250 g/mol. The third-order valence-corrected chi connectivity index (χ3v) is 2.31. The van der Waals surface area contributed by atoms with Gasteiger partial charge in [-0.25, -0.2) is 9.37 Å². The summed E-state index contributed by atoms with van der Waals surface area (Å²) in [6.45, 7) is 0.643. The minimum atomic E-state index is -1.02. The van der Waals surface area contributed by atoms with Gasteiger partial charge in [0.05, 0.1) is 0 Å². The van der Waals surface area contributed by atoms with Crippen molar-refractivity contribution in [3.05, 3.63) is 53.7 Å². The second-order valence-electron chi connectivity index (χ2n) is 3.69. The van der Waals surface area contributed by atoms with Gasteiger partial charge in [0, 0.05) is 18.8 Å². The van der Waals surface area contributed by atoms with E-state index in [1.165, 1.54) is 12.1 Å². The lowest BCUT2D eigenvalue weighted by Gasteiger charge is -2.07. The molecule has 0 spiro atoms. The fraction of sp³-hybridized carbons (Fsp3) is 0.154. The highest BCUT2D eigenvalue weighted by molar-refractivity contribution is 5.30. The second kappa shape index (κ2) is 5.55. The van der Waals surface area contributed by atoms with Gasteiger partial charge in [-0.2, -0.15) is 4.39 Å². The number of aromatic nitrogens is 1. The van der Waals surface area contributed by atoms with Crippen LogP contribution in [-0.2, 0) is 6.54 Å². The van der Waals surface area contributed by atoms with Crippen LogP contribution >= 0.6 is 0 Å². The molecular formula is C13H12F2N2O. The Bertz CT molecular complexity index is 546. The van der Waals surface area contributed by atoms with Gasteiger partial charge < -0.3 is 10.1 Å². The Morgan fingerprint density at radius 1 is 1.28 bits per heavy atom. The summed E-state index contributed by atoms with van der Waals surface area (Å²) in [5.74, 6) is -1.91. The molecule has 94 valence electrons. The lowest BCUT2D eigenvalue weighted by atomic mass is 10.2. The zero-order valence-electron chi connectivity index (χ0n) is 9.78. The Morgan fingerprint density at radius 3 is 2.89 bits per heavy atom. The standard InChI is InChI=1S/C13H12F2N2O/c1-16-8-9-5-6-17-12(7-9)18-11-4-2-3-10(14)13(11)15/h2-7,16H,8H2,1H3. The van der Waals surface area contributed by atoms with Crippen LogP contribution in [-0.4, -0.2) is 12.0 Å². The average Bonchev–Trinajstić information content (AvgIpc) is 2.36. The van der Waals surface area contributed by atoms with Crippen molar-refractivity contribution in [2.75, 3.05) is 7.05 Å². The fourth-order valence-electron chi connectivity index (χ4n) is 1.50. The zero-order chi connectivity index (χ0) is 13.0. The number of pyridine rings is 1. The molecule has 1 aromatic heterocycles. The summed E-state index contributed by atoms with van der Waals surface area (Å²) < 4.78 is 31.6. The van der Waals surface area contributed by atoms with Crippen LogP contribution in [0.15, 0.2) is 36.5 Å². The van der Waals surface area contributed by atoms with Gasteiger partial charge in [-0.15, -0.1) is 0 Å². The number of nitrogens with one attached hydrogen (secondary N) is 1. The molecule has 2 rings (SSSR count). The van der Waals surface area contributed by atoms with Crippen molar-refractivity contribution < 1.29 is 13.5 Å². The Morgan fingerprint density at radius 2 is 2.11 bits per heavy atom. The predicted molar refractivity (Wildman–Crippen MR) is 63.4 cm³/mol. The number of benzene rings is 1. The third kappa shape index (κ3) is 2.81. The van der Waals surface area contributed by atoms with E-state index in [1.54, 1.807) is 12.3 Å². The molecule has 0 fully saturated rings. The maximum atomic E-state index is 13.4. The van der Waals surface area contributed by atoms with Gasteiger partial charge in [-0.05, 0) is 30.8 Å². The SMILES string of the molecule is CNCc1ccnc(Oc2cccc(F)c2F)c1. The van der Waals surface area contributed by atoms with Crippen LogP contribution in [0, 0.1) is 11.6 Å². The van der Waals surface area contributed by atoms with Crippen LogP contribution in [0.3, 0.4) is 0 Å². The fourth-order valence-corrected chi connectivity index (χ4v) is 1.50. The Labute approximate surface area is 103 Å². The van der Waals surface area contributed by atoms with Gasteiger partial charge in [0.25, 0.3) is 0 Å². The van der Waals surface area contributed by atoms with E-state index in [2.05, 4.69) is 10.3 Å². The number of ether oxygens (including phenoxy) is 1. The highest BCUT2D eigenvalue weighted by Gasteiger charge is 2.10. The van der Waals surface area contributed by atoms with Crippen molar-refractivity contribution in [1.82, 2.24) is 10.3 Å². The normalized spacial score (nSPS) is 10.4. The van der Waals surface area contributed by atoms with Crippen molar-refractivity contribution >= 4 is 0 Å². The molecule has 3 nitrogen and oxygen atoms in total. The first kappa shape index (κ1) is 12.4. The molecule has 0 saturated heterocycles. The van der Waals surface area contributed by atoms with Gasteiger partial charge in [-0.3, -0.25) is 0 Å². The molecule has 18 heavy (non-hydrogen) atoms. The number of hydrogen-bond donors (Lipinski definition) is 1. The first-order valence-electron chi connectivity index (χ1n) is 5.42. The number of nitrogens with zero attached hydrogens (tertiary/aromatic N) is 1. The van der Waals surface area contributed by atoms with Gasteiger partial charge in [-0.1, -0.05) is 6.07 Å². The molecule has 2 aromatic rings.